The molecule has 1 rings (SSSR count). The van der Waals surface area contributed by atoms with E-state index in [9.17, 15) is 0 Å². The Morgan fingerprint density at radius 1 is 0.929 bits per heavy atom. The SMILES string of the molecule is CN(C)CCCCCN1CCCCC1. The van der Waals surface area contributed by atoms with Crippen LogP contribution in [0.1, 0.15) is 38.5 Å². The molecule has 1 saturated heterocycles. The Morgan fingerprint density at radius 2 is 1.64 bits per heavy atom. The molecule has 1 fully saturated rings. The lowest BCUT2D eigenvalue weighted by molar-refractivity contribution is 0.223. The Labute approximate surface area is 89.3 Å². The molecule has 2 heteroatoms. The molecule has 0 atom stereocenters. The Hall–Kier alpha value is -0.0800. The molecule has 0 bridgehead atoms. The van der Waals surface area contributed by atoms with E-state index in [0.29, 0.717) is 0 Å². The maximum absolute atomic E-state index is 2.64. The molecule has 0 aromatic heterocycles. The summed E-state index contributed by atoms with van der Waals surface area (Å²) in [6.45, 7) is 5.30. The second kappa shape index (κ2) is 7.24. The molecule has 1 aliphatic rings. The summed E-state index contributed by atoms with van der Waals surface area (Å²) >= 11 is 0. The molecular weight excluding hydrogens is 172 g/mol. The monoisotopic (exact) mass is 198 g/mol. The molecule has 0 unspecified atom stereocenters. The summed E-state index contributed by atoms with van der Waals surface area (Å²) in [6, 6.07) is 0. The van der Waals surface area contributed by atoms with Crippen molar-refractivity contribution in [2.24, 2.45) is 0 Å². The molecule has 0 aromatic carbocycles. The van der Waals surface area contributed by atoms with Gasteiger partial charge in [0, 0.05) is 0 Å². The van der Waals surface area contributed by atoms with E-state index in [-0.39, 0.29) is 0 Å². The number of unbranched alkanes of at least 4 members (excludes halogenated alkanes) is 2. The third-order valence-electron chi connectivity index (χ3n) is 3.03. The largest absolute Gasteiger partial charge is 0.309 e. The molecule has 1 heterocycles. The maximum atomic E-state index is 2.64. The van der Waals surface area contributed by atoms with E-state index in [1.165, 1.54) is 64.7 Å². The van der Waals surface area contributed by atoms with E-state index >= 15 is 0 Å². The zero-order valence-electron chi connectivity index (χ0n) is 9.97. The lowest BCUT2D eigenvalue weighted by atomic mass is 10.1. The second-order valence-corrected chi connectivity index (χ2v) is 4.77. The Bertz CT molecular complexity index is 128. The van der Waals surface area contributed by atoms with Gasteiger partial charge >= 0.3 is 0 Å². The second-order valence-electron chi connectivity index (χ2n) is 4.77. The van der Waals surface area contributed by atoms with Gasteiger partial charge in [0.15, 0.2) is 0 Å². The smallest absolute Gasteiger partial charge is 0.00187 e. The average Bonchev–Trinajstić information content (AvgIpc) is 2.18. The molecule has 0 radical (unpaired) electrons. The Morgan fingerprint density at radius 3 is 2.29 bits per heavy atom. The Balaban J connectivity index is 1.87. The van der Waals surface area contributed by atoms with Crippen LogP contribution in [0.5, 0.6) is 0 Å². The molecule has 84 valence electrons. The highest BCUT2D eigenvalue weighted by atomic mass is 15.1. The minimum atomic E-state index is 1.25. The van der Waals surface area contributed by atoms with Gasteiger partial charge in [-0.2, -0.15) is 0 Å². The summed E-state index contributed by atoms with van der Waals surface area (Å²) in [5.41, 5.74) is 0. The van der Waals surface area contributed by atoms with Gasteiger partial charge in [0.2, 0.25) is 0 Å². The summed E-state index contributed by atoms with van der Waals surface area (Å²) in [6.07, 6.45) is 8.47. The van der Waals surface area contributed by atoms with Crippen LogP contribution in [0.3, 0.4) is 0 Å². The lowest BCUT2D eigenvalue weighted by Gasteiger charge is -2.26. The number of likely N-dealkylation sites (tertiary alicyclic amines) is 1. The predicted molar refractivity (Wildman–Crippen MR) is 62.7 cm³/mol. The summed E-state index contributed by atoms with van der Waals surface area (Å²) in [7, 11) is 4.31. The number of piperidine rings is 1. The third-order valence-corrected chi connectivity index (χ3v) is 3.03. The van der Waals surface area contributed by atoms with E-state index in [1.807, 2.05) is 0 Å². The number of nitrogens with zero attached hydrogens (tertiary/aromatic N) is 2. The topological polar surface area (TPSA) is 6.48 Å². The quantitative estimate of drug-likeness (QED) is 0.604. The summed E-state index contributed by atoms with van der Waals surface area (Å²) in [4.78, 5) is 4.92. The zero-order valence-corrected chi connectivity index (χ0v) is 9.97. The van der Waals surface area contributed by atoms with Gasteiger partial charge in [-0.1, -0.05) is 12.8 Å². The summed E-state index contributed by atoms with van der Waals surface area (Å²) in [5.74, 6) is 0. The standard InChI is InChI=1S/C12H26N2/c1-13(2)9-5-3-6-10-14-11-7-4-8-12-14/h3-12H2,1-2H3. The first-order valence-corrected chi connectivity index (χ1v) is 6.16. The number of rotatable bonds is 6. The van der Waals surface area contributed by atoms with E-state index in [1.54, 1.807) is 0 Å². The van der Waals surface area contributed by atoms with Gasteiger partial charge in [0.05, 0.1) is 0 Å². The van der Waals surface area contributed by atoms with Crippen LogP contribution < -0.4 is 0 Å². The minimum absolute atomic E-state index is 1.25. The first-order chi connectivity index (χ1) is 6.79. The van der Waals surface area contributed by atoms with Crippen LogP contribution in [0.4, 0.5) is 0 Å². The Kier molecular flexibility index (Phi) is 6.20. The molecule has 0 aliphatic carbocycles. The summed E-state index contributed by atoms with van der Waals surface area (Å²) < 4.78 is 0. The highest BCUT2D eigenvalue weighted by molar-refractivity contribution is 4.64. The summed E-state index contributed by atoms with van der Waals surface area (Å²) in [5, 5.41) is 0. The van der Waals surface area contributed by atoms with Gasteiger partial charge in [0.25, 0.3) is 0 Å². The fourth-order valence-corrected chi connectivity index (χ4v) is 2.12. The molecule has 0 saturated carbocycles. The van der Waals surface area contributed by atoms with Crippen molar-refractivity contribution in [3.05, 3.63) is 0 Å². The molecule has 0 aromatic rings. The number of hydrogen-bond donors (Lipinski definition) is 0. The van der Waals surface area contributed by atoms with Crippen LogP contribution in [0.25, 0.3) is 0 Å². The molecule has 0 N–H and O–H groups in total. The van der Waals surface area contributed by atoms with Crippen LogP contribution in [-0.2, 0) is 0 Å². The minimum Gasteiger partial charge on any atom is -0.309 e. The molecule has 0 amide bonds. The number of hydrogen-bond acceptors (Lipinski definition) is 2. The normalized spacial score (nSPS) is 19.1. The van der Waals surface area contributed by atoms with Gasteiger partial charge in [-0.3, -0.25) is 0 Å². The van der Waals surface area contributed by atoms with Crippen LogP contribution in [0.15, 0.2) is 0 Å². The van der Waals surface area contributed by atoms with Gasteiger partial charge < -0.3 is 9.80 Å². The molecule has 14 heavy (non-hydrogen) atoms. The average molecular weight is 198 g/mol. The maximum Gasteiger partial charge on any atom is -0.00187 e. The lowest BCUT2D eigenvalue weighted by Crippen LogP contribution is -2.30. The van der Waals surface area contributed by atoms with Gasteiger partial charge in [-0.05, 0) is 66.0 Å². The van der Waals surface area contributed by atoms with Crippen LogP contribution in [-0.4, -0.2) is 50.1 Å². The molecule has 1 aliphatic heterocycles. The zero-order chi connectivity index (χ0) is 10.2. The predicted octanol–water partition coefficient (Wildman–Crippen LogP) is 2.20. The van der Waals surface area contributed by atoms with Crippen molar-refractivity contribution < 1.29 is 0 Å². The van der Waals surface area contributed by atoms with E-state index in [4.69, 9.17) is 0 Å². The van der Waals surface area contributed by atoms with Crippen molar-refractivity contribution in [2.75, 3.05) is 40.3 Å². The molecule has 2 nitrogen and oxygen atoms in total. The van der Waals surface area contributed by atoms with Crippen molar-refractivity contribution in [3.8, 4) is 0 Å². The van der Waals surface area contributed by atoms with Crippen molar-refractivity contribution in [1.29, 1.82) is 0 Å². The van der Waals surface area contributed by atoms with Crippen molar-refractivity contribution >= 4 is 0 Å². The fraction of sp³-hybridized carbons (Fsp3) is 1.00. The first-order valence-electron chi connectivity index (χ1n) is 6.16. The van der Waals surface area contributed by atoms with Gasteiger partial charge in [-0.15, -0.1) is 0 Å². The van der Waals surface area contributed by atoms with E-state index in [2.05, 4.69) is 23.9 Å². The van der Waals surface area contributed by atoms with Crippen LogP contribution in [0, 0.1) is 0 Å². The van der Waals surface area contributed by atoms with E-state index < -0.39 is 0 Å². The highest BCUT2D eigenvalue weighted by Crippen LogP contribution is 2.09. The fourth-order valence-electron chi connectivity index (χ4n) is 2.12. The van der Waals surface area contributed by atoms with Crippen molar-refractivity contribution in [1.82, 2.24) is 9.80 Å². The molecular formula is C12H26N2. The van der Waals surface area contributed by atoms with Crippen molar-refractivity contribution in [3.63, 3.8) is 0 Å². The van der Waals surface area contributed by atoms with Crippen LogP contribution >= 0.6 is 0 Å². The highest BCUT2D eigenvalue weighted by Gasteiger charge is 2.08. The van der Waals surface area contributed by atoms with Gasteiger partial charge in [-0.25, -0.2) is 0 Å². The van der Waals surface area contributed by atoms with E-state index in [0.717, 1.165) is 0 Å². The molecule has 0 spiro atoms. The van der Waals surface area contributed by atoms with Crippen molar-refractivity contribution in [2.45, 2.75) is 38.5 Å². The van der Waals surface area contributed by atoms with Crippen LogP contribution in [0.2, 0.25) is 0 Å². The van der Waals surface area contributed by atoms with Gasteiger partial charge in [0.1, 0.15) is 0 Å². The first kappa shape index (κ1) is 12.0. The third kappa shape index (κ3) is 5.61.